The summed E-state index contributed by atoms with van der Waals surface area (Å²) in [4.78, 5) is 37.6. The van der Waals surface area contributed by atoms with Crippen molar-refractivity contribution in [2.75, 3.05) is 47.5 Å². The smallest absolute Gasteiger partial charge is 0.361 e. The third kappa shape index (κ3) is 61.0. The van der Waals surface area contributed by atoms with Crippen LogP contribution in [0.2, 0.25) is 0 Å². The Morgan fingerprint density at radius 3 is 1.04 bits per heavy atom. The number of esters is 2. The summed E-state index contributed by atoms with van der Waals surface area (Å²) in [6.45, 7) is 4.92. The Hall–Kier alpha value is -2.49. The van der Waals surface area contributed by atoms with Crippen LogP contribution in [0.5, 0.6) is 0 Å². The van der Waals surface area contributed by atoms with Gasteiger partial charge in [-0.15, -0.1) is 0 Å². The Bertz CT molecular complexity index is 1360. The minimum atomic E-state index is -1.51. The van der Waals surface area contributed by atoms with Crippen molar-refractivity contribution in [1.82, 2.24) is 0 Å². The van der Waals surface area contributed by atoms with Crippen LogP contribution in [0.4, 0.5) is 0 Å². The molecule has 0 aliphatic heterocycles. The highest BCUT2D eigenvalue weighted by molar-refractivity contribution is 5.71. The number of allylic oxidation sites excluding steroid dienone is 6. The molecule has 0 amide bonds. The second-order valence-electron chi connectivity index (χ2n) is 23.8. The van der Waals surface area contributed by atoms with Gasteiger partial charge in [-0.3, -0.25) is 9.59 Å². The van der Waals surface area contributed by atoms with E-state index < -0.39 is 18.4 Å². The first-order valence-electron chi connectivity index (χ1n) is 33.2. The van der Waals surface area contributed by atoms with Crippen molar-refractivity contribution >= 4 is 17.9 Å². The number of aliphatic carboxylic acids is 1. The van der Waals surface area contributed by atoms with Gasteiger partial charge in [-0.05, 0) is 70.6 Å². The Morgan fingerprint density at radius 1 is 0.390 bits per heavy atom. The second-order valence-corrected chi connectivity index (χ2v) is 23.8. The average Bonchev–Trinajstić information content (AvgIpc) is 3.40. The molecular formula is C68H128NO8+. The fourth-order valence-electron chi connectivity index (χ4n) is 9.75. The van der Waals surface area contributed by atoms with Crippen LogP contribution in [0.25, 0.3) is 0 Å². The quantitative estimate of drug-likeness (QED) is 0.0211. The predicted molar refractivity (Wildman–Crippen MR) is 327 cm³/mol. The molecule has 0 aromatic rings. The molecule has 0 spiro atoms. The highest BCUT2D eigenvalue weighted by Crippen LogP contribution is 2.18. The molecule has 0 rings (SSSR count). The predicted octanol–water partition coefficient (Wildman–Crippen LogP) is 20.0. The van der Waals surface area contributed by atoms with Crippen LogP contribution in [0.3, 0.4) is 0 Å². The van der Waals surface area contributed by atoms with Crippen molar-refractivity contribution in [1.29, 1.82) is 0 Å². The molecule has 0 fully saturated rings. The lowest BCUT2D eigenvalue weighted by atomic mass is 10.0. The largest absolute Gasteiger partial charge is 0.477 e. The first-order chi connectivity index (χ1) is 37.6. The zero-order valence-electron chi connectivity index (χ0n) is 51.6. The van der Waals surface area contributed by atoms with Gasteiger partial charge in [0.2, 0.25) is 0 Å². The highest BCUT2D eigenvalue weighted by atomic mass is 16.7. The van der Waals surface area contributed by atoms with E-state index in [-0.39, 0.29) is 38.2 Å². The van der Waals surface area contributed by atoms with Gasteiger partial charge in [0.25, 0.3) is 6.29 Å². The van der Waals surface area contributed by atoms with Crippen LogP contribution in [-0.2, 0) is 33.3 Å². The zero-order valence-corrected chi connectivity index (χ0v) is 51.6. The summed E-state index contributed by atoms with van der Waals surface area (Å²) in [6.07, 6.45) is 71.0. The van der Waals surface area contributed by atoms with Crippen LogP contribution in [-0.4, -0.2) is 87.4 Å². The molecule has 2 unspecified atom stereocenters. The van der Waals surface area contributed by atoms with Gasteiger partial charge in [0.1, 0.15) is 13.2 Å². The Balaban J connectivity index is 4.12. The molecule has 77 heavy (non-hydrogen) atoms. The number of ether oxygens (including phenoxy) is 4. The third-order valence-electron chi connectivity index (χ3n) is 14.9. The molecule has 0 bridgehead atoms. The molecule has 2 atom stereocenters. The summed E-state index contributed by atoms with van der Waals surface area (Å²) in [6, 6.07) is 0. The van der Waals surface area contributed by atoms with Crippen LogP contribution in [0.15, 0.2) is 36.5 Å². The first kappa shape index (κ1) is 74.5. The lowest BCUT2D eigenvalue weighted by molar-refractivity contribution is -0.870. The summed E-state index contributed by atoms with van der Waals surface area (Å²) in [7, 11) is 5.98. The summed E-state index contributed by atoms with van der Waals surface area (Å²) >= 11 is 0. The number of likely N-dealkylation sites (N-methyl/N-ethyl adjacent to an activating group) is 1. The molecule has 1 N–H and O–H groups in total. The number of hydrogen-bond acceptors (Lipinski definition) is 7. The standard InChI is InChI=1S/C68H127NO8/c1-6-8-10-12-14-16-18-20-22-24-26-28-30-31-32-33-34-35-37-39-41-43-45-47-49-51-53-55-57-59-66(71)77-64(63-76-68(67(72)73)74-61-60-69(3,4)5)62-75-65(70)58-56-54-52-50-48-46-44-42-40-38-36-29-27-25-23-21-19-17-15-13-11-9-7-2/h18,20,24-27,64,68H,6-17,19,21-23,28-63H2,1-5H3/p+1/b20-18-,26-24-,27-25-. The van der Waals surface area contributed by atoms with E-state index in [1.54, 1.807) is 0 Å². The zero-order chi connectivity index (χ0) is 56.2. The maximum absolute atomic E-state index is 12.9. The van der Waals surface area contributed by atoms with Crippen LogP contribution in [0.1, 0.15) is 322 Å². The van der Waals surface area contributed by atoms with Gasteiger partial charge >= 0.3 is 17.9 Å². The number of unbranched alkanes of at least 4 members (excludes halogenated alkanes) is 41. The molecule has 452 valence electrons. The van der Waals surface area contributed by atoms with Crippen molar-refractivity contribution in [3.8, 4) is 0 Å². The molecule has 9 heteroatoms. The maximum atomic E-state index is 12.9. The van der Waals surface area contributed by atoms with Crippen molar-refractivity contribution in [3.05, 3.63) is 36.5 Å². The summed E-state index contributed by atoms with van der Waals surface area (Å²) in [5.41, 5.74) is 0. The topological polar surface area (TPSA) is 108 Å². The lowest BCUT2D eigenvalue weighted by Crippen LogP contribution is -2.40. The van der Waals surface area contributed by atoms with E-state index in [0.717, 1.165) is 44.9 Å². The van der Waals surface area contributed by atoms with Crippen molar-refractivity contribution < 1.29 is 42.9 Å². The molecule has 0 aliphatic rings. The van der Waals surface area contributed by atoms with E-state index in [1.807, 2.05) is 21.1 Å². The highest BCUT2D eigenvalue weighted by Gasteiger charge is 2.25. The first-order valence-corrected chi connectivity index (χ1v) is 33.2. The number of nitrogens with zero attached hydrogens (tertiary/aromatic N) is 1. The van der Waals surface area contributed by atoms with E-state index in [0.29, 0.717) is 17.4 Å². The minimum absolute atomic E-state index is 0.178. The van der Waals surface area contributed by atoms with Crippen molar-refractivity contribution in [2.45, 2.75) is 334 Å². The molecule has 9 nitrogen and oxygen atoms in total. The van der Waals surface area contributed by atoms with E-state index in [2.05, 4.69) is 50.3 Å². The minimum Gasteiger partial charge on any atom is -0.477 e. The van der Waals surface area contributed by atoms with E-state index in [4.69, 9.17) is 18.9 Å². The van der Waals surface area contributed by atoms with Crippen LogP contribution >= 0.6 is 0 Å². The van der Waals surface area contributed by atoms with Gasteiger partial charge in [0.15, 0.2) is 6.10 Å². The molecule has 0 aromatic carbocycles. The van der Waals surface area contributed by atoms with E-state index in [1.165, 1.54) is 250 Å². The second kappa shape index (κ2) is 59.6. The van der Waals surface area contributed by atoms with Gasteiger partial charge in [-0.1, -0.05) is 275 Å². The number of carbonyl (C=O) groups is 3. The Morgan fingerprint density at radius 2 is 0.701 bits per heavy atom. The van der Waals surface area contributed by atoms with E-state index in [9.17, 15) is 19.5 Å². The molecular weight excluding hydrogens is 959 g/mol. The SMILES string of the molecule is CCCCCCC/C=C\C/C=C\CCCCCCCCCCCCCCCCCCCC(=O)OC(COC(=O)CCCCCCCCCCCCC/C=C\CCCCCCCCCC)COC(OCC[N+](C)(C)C)C(=O)O. The van der Waals surface area contributed by atoms with Crippen molar-refractivity contribution in [3.63, 3.8) is 0 Å². The Kier molecular flexibility index (Phi) is 57.7. The number of carbonyl (C=O) groups excluding carboxylic acids is 2. The molecule has 0 heterocycles. The third-order valence-corrected chi connectivity index (χ3v) is 14.9. The average molecular weight is 1090 g/mol. The van der Waals surface area contributed by atoms with Crippen molar-refractivity contribution in [2.24, 2.45) is 0 Å². The van der Waals surface area contributed by atoms with Gasteiger partial charge in [-0.25, -0.2) is 4.79 Å². The number of carboxylic acid groups (broad SMARTS) is 1. The fraction of sp³-hybridized carbons (Fsp3) is 0.868. The number of quaternary nitrogens is 1. The van der Waals surface area contributed by atoms with Gasteiger partial charge < -0.3 is 28.5 Å². The molecule has 0 aromatic heterocycles. The summed E-state index contributed by atoms with van der Waals surface area (Å²) < 4.78 is 23.0. The normalized spacial score (nSPS) is 12.9. The fourth-order valence-corrected chi connectivity index (χ4v) is 9.75. The monoisotopic (exact) mass is 1090 g/mol. The van der Waals surface area contributed by atoms with Gasteiger partial charge in [0.05, 0.1) is 34.4 Å². The number of carboxylic acids is 1. The van der Waals surface area contributed by atoms with E-state index >= 15 is 0 Å². The van der Waals surface area contributed by atoms with Gasteiger partial charge in [-0.2, -0.15) is 0 Å². The molecule has 0 aliphatic carbocycles. The number of hydrogen-bond donors (Lipinski definition) is 1. The molecule has 0 radical (unpaired) electrons. The summed E-state index contributed by atoms with van der Waals surface area (Å²) in [5.74, 6) is -1.98. The van der Waals surface area contributed by atoms with Crippen LogP contribution in [0, 0.1) is 0 Å². The maximum Gasteiger partial charge on any atom is 0.361 e. The molecule has 0 saturated heterocycles. The lowest BCUT2D eigenvalue weighted by Gasteiger charge is -2.25. The Labute approximate surface area is 477 Å². The van der Waals surface area contributed by atoms with Crippen LogP contribution < -0.4 is 0 Å². The molecule has 0 saturated carbocycles. The number of rotatable bonds is 62. The van der Waals surface area contributed by atoms with Gasteiger partial charge in [0, 0.05) is 12.8 Å². The summed E-state index contributed by atoms with van der Waals surface area (Å²) in [5, 5.41) is 9.73.